The molecule has 1 aliphatic carbocycles. The maximum Gasteiger partial charge on any atom is 0.306 e. The van der Waals surface area contributed by atoms with Gasteiger partial charge >= 0.3 is 10.1 Å². The lowest BCUT2D eigenvalue weighted by Gasteiger charge is -2.22. The lowest BCUT2D eigenvalue weighted by Crippen LogP contribution is -2.35. The Hall–Kier alpha value is -1.60. The normalized spacial score (nSPS) is 14.8. The van der Waals surface area contributed by atoms with Gasteiger partial charge in [-0.05, 0) is 30.5 Å². The van der Waals surface area contributed by atoms with Gasteiger partial charge < -0.3 is 13.8 Å². The summed E-state index contributed by atoms with van der Waals surface area (Å²) in [4.78, 5) is 13.8. The molecule has 0 spiro atoms. The molecule has 0 N–H and O–H groups in total. The predicted molar refractivity (Wildman–Crippen MR) is 77.4 cm³/mol. The van der Waals surface area contributed by atoms with Gasteiger partial charge in [-0.3, -0.25) is 4.79 Å². The van der Waals surface area contributed by atoms with Crippen LogP contribution < -0.4 is 4.18 Å². The molecular formula is C14H19NO5S. The van der Waals surface area contributed by atoms with Crippen molar-refractivity contribution in [2.45, 2.75) is 25.4 Å². The third kappa shape index (κ3) is 5.02. The Balaban J connectivity index is 2.10. The number of amides is 1. The molecule has 0 bridgehead atoms. The summed E-state index contributed by atoms with van der Waals surface area (Å²) in [5, 5.41) is 0. The lowest BCUT2D eigenvalue weighted by molar-refractivity contribution is -0.136. The Morgan fingerprint density at radius 3 is 2.67 bits per heavy atom. The number of methoxy groups -OCH3 is 1. The van der Waals surface area contributed by atoms with Crippen molar-refractivity contribution >= 4 is 16.0 Å². The topological polar surface area (TPSA) is 72.9 Å². The van der Waals surface area contributed by atoms with Crippen molar-refractivity contribution in [3.8, 4) is 5.75 Å². The van der Waals surface area contributed by atoms with Gasteiger partial charge in [0.25, 0.3) is 0 Å². The van der Waals surface area contributed by atoms with Crippen LogP contribution in [0.2, 0.25) is 0 Å². The molecule has 1 fully saturated rings. The minimum Gasteiger partial charge on any atom is -0.383 e. The highest BCUT2D eigenvalue weighted by Crippen LogP contribution is 2.29. The predicted octanol–water partition coefficient (Wildman–Crippen LogP) is 1.16. The molecule has 0 atom stereocenters. The summed E-state index contributed by atoms with van der Waals surface area (Å²) < 4.78 is 32.0. The largest absolute Gasteiger partial charge is 0.383 e. The van der Waals surface area contributed by atoms with Gasteiger partial charge in [-0.1, -0.05) is 12.1 Å². The van der Waals surface area contributed by atoms with Crippen LogP contribution in [0, 0.1) is 0 Å². The first kappa shape index (κ1) is 15.8. The summed E-state index contributed by atoms with van der Waals surface area (Å²) in [6.45, 7) is 0.476. The van der Waals surface area contributed by atoms with Crippen molar-refractivity contribution in [2.75, 3.05) is 20.0 Å². The molecule has 0 aliphatic heterocycles. The fourth-order valence-electron chi connectivity index (χ4n) is 2.08. The van der Waals surface area contributed by atoms with E-state index in [1.807, 2.05) is 6.07 Å². The zero-order valence-corrected chi connectivity index (χ0v) is 12.9. The second kappa shape index (κ2) is 6.44. The van der Waals surface area contributed by atoms with E-state index in [0.29, 0.717) is 6.54 Å². The van der Waals surface area contributed by atoms with Crippen LogP contribution in [0.5, 0.6) is 5.75 Å². The Kier molecular flexibility index (Phi) is 4.84. The number of hydrogen-bond acceptors (Lipinski definition) is 5. The van der Waals surface area contributed by atoms with E-state index in [4.69, 9.17) is 8.92 Å². The summed E-state index contributed by atoms with van der Waals surface area (Å²) in [7, 11) is -2.06. The minimum absolute atomic E-state index is 0.0516. The van der Waals surface area contributed by atoms with Crippen LogP contribution in [-0.4, -0.2) is 45.2 Å². The average molecular weight is 313 g/mol. The first-order valence-electron chi connectivity index (χ1n) is 6.66. The van der Waals surface area contributed by atoms with E-state index < -0.39 is 10.1 Å². The summed E-state index contributed by atoms with van der Waals surface area (Å²) >= 11 is 0. The van der Waals surface area contributed by atoms with Crippen LogP contribution in [-0.2, 0) is 26.2 Å². The smallest absolute Gasteiger partial charge is 0.306 e. The van der Waals surface area contributed by atoms with Gasteiger partial charge in [0.05, 0.1) is 6.26 Å². The average Bonchev–Trinajstić information content (AvgIpc) is 3.18. The Morgan fingerprint density at radius 2 is 2.10 bits per heavy atom. The maximum atomic E-state index is 12.0. The molecule has 1 aliphatic rings. The number of rotatable bonds is 7. The van der Waals surface area contributed by atoms with Crippen molar-refractivity contribution in [2.24, 2.45) is 0 Å². The van der Waals surface area contributed by atoms with Crippen LogP contribution in [0.1, 0.15) is 18.4 Å². The van der Waals surface area contributed by atoms with Gasteiger partial charge in [-0.15, -0.1) is 0 Å². The van der Waals surface area contributed by atoms with Crippen LogP contribution in [0.4, 0.5) is 0 Å². The summed E-state index contributed by atoms with van der Waals surface area (Å²) in [6, 6.07) is 7.01. The van der Waals surface area contributed by atoms with Crippen molar-refractivity contribution in [3.63, 3.8) is 0 Å². The van der Waals surface area contributed by atoms with Gasteiger partial charge in [-0.2, -0.15) is 8.42 Å². The number of hydrogen-bond donors (Lipinski definition) is 0. The summed E-state index contributed by atoms with van der Waals surface area (Å²) in [5.41, 5.74) is 0.826. The molecule has 1 amide bonds. The Morgan fingerprint density at radius 1 is 1.38 bits per heavy atom. The third-order valence-corrected chi connectivity index (χ3v) is 3.57. The van der Waals surface area contributed by atoms with E-state index in [0.717, 1.165) is 24.7 Å². The van der Waals surface area contributed by atoms with E-state index >= 15 is 0 Å². The van der Waals surface area contributed by atoms with E-state index in [9.17, 15) is 13.2 Å². The van der Waals surface area contributed by atoms with Gasteiger partial charge in [-0.25, -0.2) is 0 Å². The number of carbonyl (C=O) groups excluding carboxylic acids is 1. The molecule has 0 heterocycles. The molecule has 2 rings (SSSR count). The molecular weight excluding hydrogens is 294 g/mol. The van der Waals surface area contributed by atoms with E-state index in [2.05, 4.69) is 0 Å². The van der Waals surface area contributed by atoms with Gasteiger partial charge in [0, 0.05) is 19.7 Å². The molecule has 1 aromatic carbocycles. The fraction of sp³-hybridized carbons (Fsp3) is 0.500. The molecule has 21 heavy (non-hydrogen) atoms. The van der Waals surface area contributed by atoms with Gasteiger partial charge in [0.15, 0.2) is 0 Å². The molecule has 116 valence electrons. The van der Waals surface area contributed by atoms with Crippen LogP contribution in [0.15, 0.2) is 24.3 Å². The third-order valence-electron chi connectivity index (χ3n) is 3.07. The molecule has 1 saturated carbocycles. The number of nitrogens with zero attached hydrogens (tertiary/aromatic N) is 1. The standard InChI is InChI=1S/C14H19NO5S/c1-19-10-14(16)15(12-6-7-12)9-11-4-3-5-13(8-11)20-21(2,17)18/h3-5,8,12H,6-7,9-10H2,1-2H3. The van der Waals surface area contributed by atoms with Gasteiger partial charge in [0.2, 0.25) is 5.91 Å². The van der Waals surface area contributed by atoms with Crippen molar-refractivity contribution in [1.29, 1.82) is 0 Å². The molecule has 0 radical (unpaired) electrons. The monoisotopic (exact) mass is 313 g/mol. The first-order chi connectivity index (χ1) is 9.89. The highest BCUT2D eigenvalue weighted by atomic mass is 32.2. The molecule has 0 aromatic heterocycles. The van der Waals surface area contributed by atoms with Crippen LogP contribution in [0.3, 0.4) is 0 Å². The molecule has 1 aromatic rings. The minimum atomic E-state index is -3.55. The van der Waals surface area contributed by atoms with E-state index in [1.165, 1.54) is 7.11 Å². The highest BCUT2D eigenvalue weighted by Gasteiger charge is 2.32. The summed E-state index contributed by atoms with van der Waals surface area (Å²) in [5.74, 6) is 0.194. The number of benzene rings is 1. The van der Waals surface area contributed by atoms with Crippen molar-refractivity contribution in [3.05, 3.63) is 29.8 Å². The van der Waals surface area contributed by atoms with Crippen LogP contribution in [0.25, 0.3) is 0 Å². The molecule has 7 heteroatoms. The molecule has 0 unspecified atom stereocenters. The first-order valence-corrected chi connectivity index (χ1v) is 8.47. The zero-order chi connectivity index (χ0) is 15.5. The van der Waals surface area contributed by atoms with E-state index in [-0.39, 0.29) is 24.3 Å². The SMILES string of the molecule is COCC(=O)N(Cc1cccc(OS(C)(=O)=O)c1)C1CC1. The Labute approximate surface area is 124 Å². The van der Waals surface area contributed by atoms with Crippen LogP contribution >= 0.6 is 0 Å². The molecule has 6 nitrogen and oxygen atoms in total. The quantitative estimate of drug-likeness (QED) is 0.706. The lowest BCUT2D eigenvalue weighted by atomic mass is 10.2. The van der Waals surface area contributed by atoms with Crippen molar-refractivity contribution in [1.82, 2.24) is 4.90 Å². The second-order valence-electron chi connectivity index (χ2n) is 5.12. The number of carbonyl (C=O) groups is 1. The fourth-order valence-corrected chi connectivity index (χ4v) is 2.53. The second-order valence-corrected chi connectivity index (χ2v) is 6.70. The Bertz CT molecular complexity index is 610. The van der Waals surface area contributed by atoms with Gasteiger partial charge in [0.1, 0.15) is 12.4 Å². The number of ether oxygens (including phenoxy) is 1. The van der Waals surface area contributed by atoms with E-state index in [1.54, 1.807) is 23.1 Å². The van der Waals surface area contributed by atoms with Crippen molar-refractivity contribution < 1.29 is 22.1 Å². The maximum absolute atomic E-state index is 12.0. The highest BCUT2D eigenvalue weighted by molar-refractivity contribution is 7.86. The zero-order valence-electron chi connectivity index (χ0n) is 12.1. The summed E-state index contributed by atoms with van der Waals surface area (Å²) in [6.07, 6.45) is 2.99. The molecule has 0 saturated heterocycles.